The second kappa shape index (κ2) is 4.53. The van der Waals surface area contributed by atoms with Crippen LogP contribution in [0.15, 0.2) is 18.3 Å². The molecular formula is C12H15N3O2. The Balaban J connectivity index is 2.10. The van der Waals surface area contributed by atoms with Crippen molar-refractivity contribution in [2.24, 2.45) is 5.92 Å². The van der Waals surface area contributed by atoms with Crippen molar-refractivity contribution in [3.8, 4) is 0 Å². The van der Waals surface area contributed by atoms with Gasteiger partial charge in [0.25, 0.3) is 5.91 Å². The first-order chi connectivity index (χ1) is 8.08. The number of aromatic nitrogens is 1. The van der Waals surface area contributed by atoms with Crippen molar-refractivity contribution in [1.29, 1.82) is 0 Å². The molecule has 1 aliphatic rings. The molecule has 1 fully saturated rings. The average molecular weight is 233 g/mol. The number of nitrogens with one attached hydrogen (secondary N) is 1. The lowest BCUT2D eigenvalue weighted by Gasteiger charge is -2.10. The minimum absolute atomic E-state index is 0.0273. The molecule has 1 N–H and O–H groups in total. The Labute approximate surface area is 99.8 Å². The van der Waals surface area contributed by atoms with Crippen LogP contribution < -0.4 is 5.32 Å². The summed E-state index contributed by atoms with van der Waals surface area (Å²) in [5.41, 5.74) is 0.964. The number of nitrogens with zero attached hydrogens (tertiary/aromatic N) is 2. The summed E-state index contributed by atoms with van der Waals surface area (Å²) < 4.78 is 0. The van der Waals surface area contributed by atoms with Gasteiger partial charge in [-0.1, -0.05) is 0 Å². The Morgan fingerprint density at radius 2 is 2.12 bits per heavy atom. The second-order valence-electron chi connectivity index (χ2n) is 4.39. The molecule has 1 aromatic rings. The fourth-order valence-corrected chi connectivity index (χ4v) is 1.44. The molecule has 2 rings (SSSR count). The highest BCUT2D eigenvalue weighted by molar-refractivity contribution is 5.96. The zero-order valence-corrected chi connectivity index (χ0v) is 9.93. The van der Waals surface area contributed by atoms with E-state index in [4.69, 9.17) is 0 Å². The van der Waals surface area contributed by atoms with Gasteiger partial charge in [-0.15, -0.1) is 0 Å². The van der Waals surface area contributed by atoms with Crippen LogP contribution in [0.2, 0.25) is 0 Å². The summed E-state index contributed by atoms with van der Waals surface area (Å²) >= 11 is 0. The molecule has 5 heteroatoms. The molecule has 0 atom stereocenters. The maximum absolute atomic E-state index is 11.7. The lowest BCUT2D eigenvalue weighted by molar-refractivity contribution is -0.117. The number of hydrogen-bond acceptors (Lipinski definition) is 3. The van der Waals surface area contributed by atoms with Gasteiger partial charge >= 0.3 is 0 Å². The number of pyridine rings is 1. The molecule has 2 amide bonds. The molecule has 0 saturated heterocycles. The molecule has 0 spiro atoms. The Hall–Kier alpha value is -1.91. The van der Waals surface area contributed by atoms with Gasteiger partial charge in [-0.2, -0.15) is 0 Å². The van der Waals surface area contributed by atoms with E-state index < -0.39 is 0 Å². The van der Waals surface area contributed by atoms with Gasteiger partial charge in [0.1, 0.15) is 5.69 Å². The molecular weight excluding hydrogens is 218 g/mol. The first-order valence-corrected chi connectivity index (χ1v) is 5.56. The summed E-state index contributed by atoms with van der Waals surface area (Å²) in [7, 11) is 3.33. The Morgan fingerprint density at radius 1 is 1.41 bits per heavy atom. The molecule has 0 aliphatic heterocycles. The van der Waals surface area contributed by atoms with Crippen molar-refractivity contribution in [3.63, 3.8) is 0 Å². The van der Waals surface area contributed by atoms with Crippen molar-refractivity contribution in [2.45, 2.75) is 12.8 Å². The van der Waals surface area contributed by atoms with Crippen molar-refractivity contribution in [3.05, 3.63) is 24.0 Å². The Bertz CT molecular complexity index is 453. The molecule has 90 valence electrons. The summed E-state index contributed by atoms with van der Waals surface area (Å²) in [5, 5.41) is 2.79. The highest BCUT2D eigenvalue weighted by Crippen LogP contribution is 2.30. The van der Waals surface area contributed by atoms with Gasteiger partial charge < -0.3 is 10.2 Å². The minimum Gasteiger partial charge on any atom is -0.343 e. The second-order valence-corrected chi connectivity index (χ2v) is 4.39. The van der Waals surface area contributed by atoms with Gasteiger partial charge in [0, 0.05) is 31.9 Å². The molecule has 0 bridgehead atoms. The number of amides is 2. The smallest absolute Gasteiger partial charge is 0.272 e. The van der Waals surface area contributed by atoms with E-state index >= 15 is 0 Å². The molecule has 1 aliphatic carbocycles. The molecule has 1 saturated carbocycles. The lowest BCUT2D eigenvalue weighted by Crippen LogP contribution is -2.23. The molecule has 17 heavy (non-hydrogen) atoms. The van der Waals surface area contributed by atoms with E-state index in [2.05, 4.69) is 10.3 Å². The van der Waals surface area contributed by atoms with E-state index in [9.17, 15) is 9.59 Å². The van der Waals surface area contributed by atoms with Crippen LogP contribution in [0, 0.1) is 5.92 Å². The summed E-state index contributed by atoms with van der Waals surface area (Å²) in [4.78, 5) is 28.7. The zero-order valence-electron chi connectivity index (χ0n) is 9.93. The van der Waals surface area contributed by atoms with Crippen LogP contribution in [-0.2, 0) is 4.79 Å². The van der Waals surface area contributed by atoms with E-state index in [-0.39, 0.29) is 17.7 Å². The summed E-state index contributed by atoms with van der Waals surface area (Å²) in [6, 6.07) is 3.29. The molecule has 1 aromatic heterocycles. The van der Waals surface area contributed by atoms with Gasteiger partial charge in [-0.25, -0.2) is 0 Å². The maximum Gasteiger partial charge on any atom is 0.272 e. The van der Waals surface area contributed by atoms with Gasteiger partial charge in [0.15, 0.2) is 0 Å². The van der Waals surface area contributed by atoms with E-state index in [1.54, 1.807) is 26.2 Å². The third kappa shape index (κ3) is 2.81. The third-order valence-electron chi connectivity index (χ3n) is 2.60. The largest absolute Gasteiger partial charge is 0.343 e. The predicted molar refractivity (Wildman–Crippen MR) is 63.6 cm³/mol. The summed E-state index contributed by atoms with van der Waals surface area (Å²) in [6.07, 6.45) is 3.44. The highest BCUT2D eigenvalue weighted by atomic mass is 16.2. The van der Waals surface area contributed by atoms with Crippen LogP contribution in [0.3, 0.4) is 0 Å². The number of anilines is 1. The van der Waals surface area contributed by atoms with Crippen LogP contribution in [0.1, 0.15) is 23.3 Å². The van der Waals surface area contributed by atoms with Crippen molar-refractivity contribution >= 4 is 17.5 Å². The summed E-state index contributed by atoms with van der Waals surface area (Å²) in [6.45, 7) is 0. The van der Waals surface area contributed by atoms with Crippen LogP contribution >= 0.6 is 0 Å². The molecule has 0 unspecified atom stereocenters. The van der Waals surface area contributed by atoms with Crippen molar-refractivity contribution < 1.29 is 9.59 Å². The van der Waals surface area contributed by atoms with E-state index in [0.717, 1.165) is 12.8 Å². The molecule has 1 heterocycles. The van der Waals surface area contributed by atoms with Gasteiger partial charge in [0.05, 0.1) is 0 Å². The van der Waals surface area contributed by atoms with E-state index in [0.29, 0.717) is 11.4 Å². The standard InChI is InChI=1S/C12H15N3O2/c1-15(2)12(17)10-7-9(5-6-13-10)14-11(16)8-3-4-8/h5-8H,3-4H2,1-2H3,(H,13,14,16). The fraction of sp³-hybridized carbons (Fsp3) is 0.417. The number of carbonyl (C=O) groups excluding carboxylic acids is 2. The zero-order chi connectivity index (χ0) is 12.4. The highest BCUT2D eigenvalue weighted by Gasteiger charge is 2.29. The average Bonchev–Trinajstić information content (AvgIpc) is 3.12. The van der Waals surface area contributed by atoms with Gasteiger partial charge in [0.2, 0.25) is 5.91 Å². The monoisotopic (exact) mass is 233 g/mol. The van der Waals surface area contributed by atoms with Crippen LogP contribution in [0.4, 0.5) is 5.69 Å². The maximum atomic E-state index is 11.7. The lowest BCUT2D eigenvalue weighted by atomic mass is 10.2. The molecule has 5 nitrogen and oxygen atoms in total. The number of carbonyl (C=O) groups is 2. The Kier molecular flexibility index (Phi) is 3.08. The van der Waals surface area contributed by atoms with Crippen LogP contribution in [-0.4, -0.2) is 35.8 Å². The Morgan fingerprint density at radius 3 is 2.71 bits per heavy atom. The fourth-order valence-electron chi connectivity index (χ4n) is 1.44. The SMILES string of the molecule is CN(C)C(=O)c1cc(NC(=O)C2CC2)ccn1. The quantitative estimate of drug-likeness (QED) is 0.851. The van der Waals surface area contributed by atoms with Crippen molar-refractivity contribution in [1.82, 2.24) is 9.88 Å². The first kappa shape index (κ1) is 11.6. The van der Waals surface area contributed by atoms with E-state index in [1.165, 1.54) is 11.1 Å². The van der Waals surface area contributed by atoms with Gasteiger partial charge in [-0.05, 0) is 25.0 Å². The molecule has 0 radical (unpaired) electrons. The van der Waals surface area contributed by atoms with Crippen LogP contribution in [0.5, 0.6) is 0 Å². The minimum atomic E-state index is -0.174. The third-order valence-corrected chi connectivity index (χ3v) is 2.60. The molecule has 0 aromatic carbocycles. The number of rotatable bonds is 3. The first-order valence-electron chi connectivity index (χ1n) is 5.56. The number of hydrogen-bond donors (Lipinski definition) is 1. The van der Waals surface area contributed by atoms with Gasteiger partial charge in [-0.3, -0.25) is 14.6 Å². The van der Waals surface area contributed by atoms with Crippen LogP contribution in [0.25, 0.3) is 0 Å². The topological polar surface area (TPSA) is 62.3 Å². The van der Waals surface area contributed by atoms with E-state index in [1.807, 2.05) is 0 Å². The predicted octanol–water partition coefficient (Wildman–Crippen LogP) is 1.13. The van der Waals surface area contributed by atoms with Crippen molar-refractivity contribution in [2.75, 3.05) is 19.4 Å². The normalized spacial score (nSPS) is 14.2. The summed E-state index contributed by atoms with van der Waals surface area (Å²) in [5.74, 6) is 0.00291.